The zero-order valence-corrected chi connectivity index (χ0v) is 11.8. The number of rotatable bonds is 4. The molecule has 0 aliphatic rings. The lowest BCUT2D eigenvalue weighted by Gasteiger charge is -2.10. The molecule has 4 heteroatoms. The Morgan fingerprint density at radius 1 is 0.955 bits per heavy atom. The van der Waals surface area contributed by atoms with E-state index in [4.69, 9.17) is 4.74 Å². The first-order chi connectivity index (χ1) is 10.9. The number of hydrogen-bond donors (Lipinski definition) is 0. The molecule has 1 aromatic heterocycles. The van der Waals surface area contributed by atoms with Crippen LogP contribution in [0.4, 0.5) is 0 Å². The number of ether oxygens (including phenoxy) is 1. The first kappa shape index (κ1) is 13.8. The van der Waals surface area contributed by atoms with Crippen LogP contribution in [0.25, 0.3) is 11.1 Å². The van der Waals surface area contributed by atoms with Gasteiger partial charge in [0.2, 0.25) is 0 Å². The number of nitriles is 1. The molecular formula is C18H13N3O. The van der Waals surface area contributed by atoms with Gasteiger partial charge in [-0.05, 0) is 23.3 Å². The fourth-order valence-electron chi connectivity index (χ4n) is 2.10. The van der Waals surface area contributed by atoms with Gasteiger partial charge < -0.3 is 4.74 Å². The zero-order valence-electron chi connectivity index (χ0n) is 11.8. The summed E-state index contributed by atoms with van der Waals surface area (Å²) >= 11 is 0. The summed E-state index contributed by atoms with van der Waals surface area (Å²) in [5.41, 5.74) is 3.37. The largest absolute Gasteiger partial charge is 0.488 e. The van der Waals surface area contributed by atoms with Crippen molar-refractivity contribution < 1.29 is 4.74 Å². The van der Waals surface area contributed by atoms with Crippen molar-refractivity contribution in [3.8, 4) is 22.9 Å². The summed E-state index contributed by atoms with van der Waals surface area (Å²) < 4.78 is 5.81. The van der Waals surface area contributed by atoms with Crippen molar-refractivity contribution in [2.24, 2.45) is 0 Å². The Bertz CT molecular complexity index is 796. The molecule has 0 atom stereocenters. The van der Waals surface area contributed by atoms with Gasteiger partial charge in [0.25, 0.3) is 0 Å². The van der Waals surface area contributed by atoms with Crippen LogP contribution in [0.15, 0.2) is 67.3 Å². The van der Waals surface area contributed by atoms with Crippen molar-refractivity contribution in [2.45, 2.75) is 6.61 Å². The van der Waals surface area contributed by atoms with Gasteiger partial charge in [-0.3, -0.25) is 0 Å². The molecule has 106 valence electrons. The van der Waals surface area contributed by atoms with Crippen LogP contribution in [0.1, 0.15) is 11.1 Å². The molecule has 0 N–H and O–H groups in total. The fourth-order valence-corrected chi connectivity index (χ4v) is 2.10. The molecular weight excluding hydrogens is 274 g/mol. The van der Waals surface area contributed by atoms with Crippen LogP contribution in [0, 0.1) is 11.3 Å². The topological polar surface area (TPSA) is 58.8 Å². The maximum absolute atomic E-state index is 9.22. The Labute approximate surface area is 128 Å². The van der Waals surface area contributed by atoms with Crippen LogP contribution in [0.2, 0.25) is 0 Å². The highest BCUT2D eigenvalue weighted by atomic mass is 16.5. The van der Waals surface area contributed by atoms with Gasteiger partial charge in [-0.1, -0.05) is 36.4 Å². The molecule has 4 nitrogen and oxygen atoms in total. The second-order valence-corrected chi connectivity index (χ2v) is 4.72. The average molecular weight is 287 g/mol. The van der Waals surface area contributed by atoms with Gasteiger partial charge in [-0.25, -0.2) is 9.97 Å². The van der Waals surface area contributed by atoms with E-state index in [0.717, 1.165) is 16.7 Å². The predicted molar refractivity (Wildman–Crippen MR) is 83.0 cm³/mol. The standard InChI is InChI=1S/C18H13N3O/c19-9-16-7-6-15(17-10-20-13-21-11-17)8-18(16)22-12-14-4-2-1-3-5-14/h1-8,10-11,13H,12H2. The van der Waals surface area contributed by atoms with Gasteiger partial charge in [0, 0.05) is 18.0 Å². The van der Waals surface area contributed by atoms with Crippen molar-refractivity contribution in [3.05, 3.63) is 78.4 Å². The van der Waals surface area contributed by atoms with Gasteiger partial charge in [-0.2, -0.15) is 5.26 Å². The maximum atomic E-state index is 9.22. The molecule has 0 saturated heterocycles. The van der Waals surface area contributed by atoms with E-state index < -0.39 is 0 Å². The van der Waals surface area contributed by atoms with E-state index in [-0.39, 0.29) is 0 Å². The van der Waals surface area contributed by atoms with E-state index in [0.29, 0.717) is 17.9 Å². The molecule has 2 aromatic carbocycles. The Morgan fingerprint density at radius 2 is 1.73 bits per heavy atom. The van der Waals surface area contributed by atoms with Gasteiger partial charge >= 0.3 is 0 Å². The van der Waals surface area contributed by atoms with Crippen molar-refractivity contribution in [1.82, 2.24) is 9.97 Å². The highest BCUT2D eigenvalue weighted by Gasteiger charge is 2.07. The highest BCUT2D eigenvalue weighted by molar-refractivity contribution is 5.65. The quantitative estimate of drug-likeness (QED) is 0.735. The van der Waals surface area contributed by atoms with Crippen molar-refractivity contribution in [2.75, 3.05) is 0 Å². The Hall–Kier alpha value is -3.19. The molecule has 0 amide bonds. The number of benzene rings is 2. The molecule has 3 rings (SSSR count). The van der Waals surface area contributed by atoms with Gasteiger partial charge in [0.1, 0.15) is 24.8 Å². The minimum Gasteiger partial charge on any atom is -0.488 e. The molecule has 0 unspecified atom stereocenters. The Kier molecular flexibility index (Phi) is 4.08. The highest BCUT2D eigenvalue weighted by Crippen LogP contribution is 2.26. The lowest BCUT2D eigenvalue weighted by atomic mass is 10.1. The lowest BCUT2D eigenvalue weighted by molar-refractivity contribution is 0.305. The second kappa shape index (κ2) is 6.51. The molecule has 0 spiro atoms. The molecule has 0 aliphatic carbocycles. The maximum Gasteiger partial charge on any atom is 0.138 e. The van der Waals surface area contributed by atoms with Crippen LogP contribution < -0.4 is 4.74 Å². The summed E-state index contributed by atoms with van der Waals surface area (Å²) in [6, 6.07) is 17.5. The molecule has 3 aromatic rings. The first-order valence-corrected chi connectivity index (χ1v) is 6.83. The monoisotopic (exact) mass is 287 g/mol. The van der Waals surface area contributed by atoms with E-state index >= 15 is 0 Å². The zero-order chi connectivity index (χ0) is 15.2. The van der Waals surface area contributed by atoms with Gasteiger partial charge in [-0.15, -0.1) is 0 Å². The number of aromatic nitrogens is 2. The van der Waals surface area contributed by atoms with Crippen molar-refractivity contribution in [3.63, 3.8) is 0 Å². The molecule has 0 fully saturated rings. The first-order valence-electron chi connectivity index (χ1n) is 6.83. The van der Waals surface area contributed by atoms with Crippen LogP contribution in [-0.4, -0.2) is 9.97 Å². The minimum absolute atomic E-state index is 0.421. The summed E-state index contributed by atoms with van der Waals surface area (Å²) in [5.74, 6) is 0.563. The van der Waals surface area contributed by atoms with Crippen LogP contribution in [-0.2, 0) is 6.61 Å². The molecule has 22 heavy (non-hydrogen) atoms. The normalized spacial score (nSPS) is 9.95. The third-order valence-electron chi connectivity index (χ3n) is 3.23. The summed E-state index contributed by atoms with van der Waals surface area (Å²) in [5, 5.41) is 9.22. The van der Waals surface area contributed by atoms with Crippen LogP contribution >= 0.6 is 0 Å². The van der Waals surface area contributed by atoms with E-state index in [9.17, 15) is 5.26 Å². The average Bonchev–Trinajstić information content (AvgIpc) is 2.61. The van der Waals surface area contributed by atoms with E-state index in [1.165, 1.54) is 6.33 Å². The molecule has 0 radical (unpaired) electrons. The second-order valence-electron chi connectivity index (χ2n) is 4.72. The fraction of sp³-hybridized carbons (Fsp3) is 0.0556. The molecule has 0 bridgehead atoms. The van der Waals surface area contributed by atoms with Gasteiger partial charge in [0.15, 0.2) is 0 Å². The SMILES string of the molecule is N#Cc1ccc(-c2cncnc2)cc1OCc1ccccc1. The summed E-state index contributed by atoms with van der Waals surface area (Å²) in [7, 11) is 0. The van der Waals surface area contributed by atoms with Gasteiger partial charge in [0.05, 0.1) is 5.56 Å². The molecule has 0 aliphatic heterocycles. The minimum atomic E-state index is 0.421. The summed E-state index contributed by atoms with van der Waals surface area (Å²) in [6.07, 6.45) is 4.95. The summed E-state index contributed by atoms with van der Waals surface area (Å²) in [4.78, 5) is 8.02. The third kappa shape index (κ3) is 3.10. The smallest absolute Gasteiger partial charge is 0.138 e. The Balaban J connectivity index is 1.87. The molecule has 0 saturated carbocycles. The van der Waals surface area contributed by atoms with Crippen molar-refractivity contribution >= 4 is 0 Å². The summed E-state index contributed by atoms with van der Waals surface area (Å²) in [6.45, 7) is 0.421. The van der Waals surface area contributed by atoms with E-state index in [2.05, 4.69) is 16.0 Å². The van der Waals surface area contributed by atoms with E-state index in [1.54, 1.807) is 18.5 Å². The molecule has 1 heterocycles. The van der Waals surface area contributed by atoms with Crippen molar-refractivity contribution in [1.29, 1.82) is 5.26 Å². The number of nitrogens with zero attached hydrogens (tertiary/aromatic N) is 3. The Morgan fingerprint density at radius 3 is 2.45 bits per heavy atom. The predicted octanol–water partition coefficient (Wildman–Crippen LogP) is 3.59. The number of hydrogen-bond acceptors (Lipinski definition) is 4. The van der Waals surface area contributed by atoms with E-state index in [1.807, 2.05) is 42.5 Å². The van der Waals surface area contributed by atoms with Crippen LogP contribution in [0.5, 0.6) is 5.75 Å². The third-order valence-corrected chi connectivity index (χ3v) is 3.23. The van der Waals surface area contributed by atoms with Crippen LogP contribution in [0.3, 0.4) is 0 Å². The lowest BCUT2D eigenvalue weighted by Crippen LogP contribution is -1.97.